The van der Waals surface area contributed by atoms with Gasteiger partial charge in [0.05, 0.1) is 5.69 Å². The maximum atomic E-state index is 12.6. The second kappa shape index (κ2) is 9.05. The standard InChI is InChI=1S/C12H9F3N4O2.C2HF3O2/c13-12(14,15)10-5-9(16-7-17-10)8-1-3-19(18-6-8)4-2-11(20)21;3-2(4,5)1(6)7/h1,3,5-7H,2,4H2;(H,6,7). The number of carboxylic acids is 2. The van der Waals surface area contributed by atoms with Gasteiger partial charge in [0.1, 0.15) is 30.6 Å². The van der Waals surface area contributed by atoms with E-state index in [-0.39, 0.29) is 18.7 Å². The number of carbonyl (C=O) groups is 2. The van der Waals surface area contributed by atoms with E-state index in [1.54, 1.807) is 0 Å². The van der Waals surface area contributed by atoms with E-state index < -0.39 is 30.0 Å². The topological polar surface area (TPSA) is 120 Å². The number of nitrogens with zero attached hydrogens (tertiary/aromatic N) is 4. The molecule has 0 aliphatic carbocycles. The lowest BCUT2D eigenvalue weighted by atomic mass is 10.2. The first kappa shape index (κ1) is 22.7. The first-order chi connectivity index (χ1) is 12.8. The van der Waals surface area contributed by atoms with Crippen LogP contribution < -0.4 is 9.79 Å². The summed E-state index contributed by atoms with van der Waals surface area (Å²) in [6.45, 7) is 0.174. The van der Waals surface area contributed by atoms with Crippen LogP contribution >= 0.6 is 0 Å². The van der Waals surface area contributed by atoms with E-state index in [4.69, 9.17) is 15.0 Å². The van der Waals surface area contributed by atoms with E-state index >= 15 is 0 Å². The first-order valence-corrected chi connectivity index (χ1v) is 7.06. The molecular weight excluding hydrogens is 402 g/mol. The molecule has 2 heterocycles. The number of hydrogen-bond donors (Lipinski definition) is 1. The number of carboxylic acid groups (broad SMARTS) is 2. The van der Waals surface area contributed by atoms with Gasteiger partial charge in [-0.2, -0.15) is 26.3 Å². The van der Waals surface area contributed by atoms with Crippen molar-refractivity contribution in [2.24, 2.45) is 0 Å². The molecule has 0 radical (unpaired) electrons. The second-order valence-electron chi connectivity index (χ2n) is 4.89. The Balaban J connectivity index is 0.000000480. The molecule has 2 aromatic heterocycles. The van der Waals surface area contributed by atoms with Gasteiger partial charge in [-0.05, 0) is 11.2 Å². The van der Waals surface area contributed by atoms with Crippen LogP contribution in [-0.4, -0.2) is 38.3 Å². The molecule has 14 heteroatoms. The van der Waals surface area contributed by atoms with Crippen molar-refractivity contribution in [3.63, 3.8) is 0 Å². The molecule has 1 N–H and O–H groups in total. The van der Waals surface area contributed by atoms with E-state index in [1.165, 1.54) is 23.1 Å². The molecule has 0 saturated heterocycles. The van der Waals surface area contributed by atoms with E-state index in [9.17, 15) is 31.1 Å². The average molecular weight is 412 g/mol. The van der Waals surface area contributed by atoms with Crippen molar-refractivity contribution in [2.75, 3.05) is 0 Å². The quantitative estimate of drug-likeness (QED) is 0.577. The van der Waals surface area contributed by atoms with Gasteiger partial charge in [-0.3, -0.25) is 4.79 Å². The number of rotatable bonds is 4. The van der Waals surface area contributed by atoms with Gasteiger partial charge in [-0.25, -0.2) is 9.97 Å². The normalized spacial score (nSPS) is 11.4. The molecule has 28 heavy (non-hydrogen) atoms. The minimum Gasteiger partial charge on any atom is -0.542 e. The molecule has 0 aliphatic heterocycles. The molecule has 0 saturated carbocycles. The zero-order valence-electron chi connectivity index (χ0n) is 13.5. The van der Waals surface area contributed by atoms with Crippen LogP contribution in [-0.2, 0) is 22.3 Å². The molecule has 0 amide bonds. The monoisotopic (exact) mass is 412 g/mol. The van der Waals surface area contributed by atoms with Gasteiger partial charge < -0.3 is 15.0 Å². The number of hydrogen-bond acceptors (Lipinski definition) is 6. The van der Waals surface area contributed by atoms with Gasteiger partial charge in [-0.1, -0.05) is 4.68 Å². The number of alkyl halides is 6. The first-order valence-electron chi connectivity index (χ1n) is 7.06. The molecule has 0 fully saturated rings. The maximum absolute atomic E-state index is 12.6. The Morgan fingerprint density at radius 2 is 1.75 bits per heavy atom. The summed E-state index contributed by atoms with van der Waals surface area (Å²) in [6.07, 6.45) is -6.19. The molecule has 0 atom stereocenters. The van der Waals surface area contributed by atoms with Crippen LogP contribution in [0.3, 0.4) is 0 Å². The van der Waals surface area contributed by atoms with Gasteiger partial charge in [-0.15, -0.1) is 0 Å². The Morgan fingerprint density at radius 1 is 1.14 bits per heavy atom. The number of aliphatic carboxylic acids is 2. The number of carbonyl (C=O) groups excluding carboxylic acids is 1. The summed E-state index contributed by atoms with van der Waals surface area (Å²) in [5, 5.41) is 21.3. The largest absolute Gasteiger partial charge is 0.542 e. The van der Waals surface area contributed by atoms with Gasteiger partial charge in [0.15, 0.2) is 12.7 Å². The van der Waals surface area contributed by atoms with Gasteiger partial charge >= 0.3 is 18.3 Å². The van der Waals surface area contributed by atoms with Crippen molar-refractivity contribution < 1.29 is 50.8 Å². The SMILES string of the molecule is O=C(O)CC[n+]1ccc(-c2cc(C(F)(F)F)ncn2)cn1.O=C([O-])C(F)(F)F. The third kappa shape index (κ3) is 7.51. The van der Waals surface area contributed by atoms with Crippen LogP contribution in [0.25, 0.3) is 11.3 Å². The molecule has 0 aliphatic rings. The van der Waals surface area contributed by atoms with Crippen molar-refractivity contribution in [3.05, 3.63) is 36.5 Å². The number of aromatic nitrogens is 4. The fourth-order valence-electron chi connectivity index (χ4n) is 1.55. The minimum atomic E-state index is -5.19. The fourth-order valence-corrected chi connectivity index (χ4v) is 1.55. The van der Waals surface area contributed by atoms with Crippen molar-refractivity contribution in [2.45, 2.75) is 25.3 Å². The minimum absolute atomic E-state index is 0.0928. The summed E-state index contributed by atoms with van der Waals surface area (Å²) in [5.74, 6) is -3.97. The summed E-state index contributed by atoms with van der Waals surface area (Å²) in [5.41, 5.74) is -0.556. The van der Waals surface area contributed by atoms with Crippen LogP contribution in [0.5, 0.6) is 0 Å². The third-order valence-corrected chi connectivity index (χ3v) is 2.81. The number of aryl methyl sites for hydroxylation is 1. The van der Waals surface area contributed by atoms with E-state index in [0.29, 0.717) is 5.56 Å². The summed E-state index contributed by atoms with van der Waals surface area (Å²) < 4.78 is 70.6. The molecule has 0 spiro atoms. The summed E-state index contributed by atoms with van der Waals surface area (Å²) in [4.78, 5) is 26.2. The lowest BCUT2D eigenvalue weighted by Crippen LogP contribution is -2.38. The molecule has 0 bridgehead atoms. The lowest BCUT2D eigenvalue weighted by molar-refractivity contribution is -0.752. The zero-order valence-corrected chi connectivity index (χ0v) is 13.5. The van der Waals surface area contributed by atoms with Gasteiger partial charge in [0, 0.05) is 11.6 Å². The highest BCUT2D eigenvalue weighted by atomic mass is 19.4. The van der Waals surface area contributed by atoms with Crippen LogP contribution in [0.1, 0.15) is 12.1 Å². The highest BCUT2D eigenvalue weighted by Gasteiger charge is 2.33. The molecular formula is C14H10F6N4O4. The van der Waals surface area contributed by atoms with Crippen LogP contribution in [0.2, 0.25) is 0 Å². The van der Waals surface area contributed by atoms with E-state index in [0.717, 1.165) is 12.4 Å². The Hall–Kier alpha value is -3.32. The van der Waals surface area contributed by atoms with E-state index in [1.807, 2.05) is 0 Å². The molecule has 0 aromatic carbocycles. The highest BCUT2D eigenvalue weighted by Crippen LogP contribution is 2.29. The summed E-state index contributed by atoms with van der Waals surface area (Å²) in [6, 6.07) is 2.34. The molecule has 0 unspecified atom stereocenters. The molecule has 2 rings (SSSR count). The van der Waals surface area contributed by atoms with Crippen molar-refractivity contribution in [1.29, 1.82) is 0 Å². The average Bonchev–Trinajstić information content (AvgIpc) is 2.59. The smallest absolute Gasteiger partial charge is 0.433 e. The van der Waals surface area contributed by atoms with Crippen LogP contribution in [0.4, 0.5) is 26.3 Å². The summed E-state index contributed by atoms with van der Waals surface area (Å²) in [7, 11) is 0. The van der Waals surface area contributed by atoms with Crippen molar-refractivity contribution >= 4 is 11.9 Å². The highest BCUT2D eigenvalue weighted by molar-refractivity contribution is 5.70. The molecule has 8 nitrogen and oxygen atoms in total. The van der Waals surface area contributed by atoms with Gasteiger partial charge in [0.2, 0.25) is 0 Å². The van der Waals surface area contributed by atoms with Crippen LogP contribution in [0, 0.1) is 0 Å². The third-order valence-electron chi connectivity index (χ3n) is 2.81. The maximum Gasteiger partial charge on any atom is 0.433 e. The van der Waals surface area contributed by atoms with E-state index in [2.05, 4.69) is 15.1 Å². The second-order valence-corrected chi connectivity index (χ2v) is 4.89. The Bertz CT molecular complexity index is 824. The fraction of sp³-hybridized carbons (Fsp3) is 0.286. The van der Waals surface area contributed by atoms with Gasteiger partial charge in [0.25, 0.3) is 0 Å². The Labute approximate surface area is 152 Å². The Morgan fingerprint density at radius 3 is 2.18 bits per heavy atom. The number of halogens is 6. The Kier molecular flexibility index (Phi) is 7.35. The predicted molar refractivity (Wildman–Crippen MR) is 73.8 cm³/mol. The van der Waals surface area contributed by atoms with Crippen molar-refractivity contribution in [1.82, 2.24) is 15.1 Å². The summed E-state index contributed by atoms with van der Waals surface area (Å²) >= 11 is 0. The molecule has 152 valence electrons. The van der Waals surface area contributed by atoms with Crippen LogP contribution in [0.15, 0.2) is 30.9 Å². The molecule has 2 aromatic rings. The lowest BCUT2D eigenvalue weighted by Gasteiger charge is -2.06. The zero-order chi connectivity index (χ0) is 21.5. The predicted octanol–water partition coefficient (Wildman–Crippen LogP) is 0.618. The van der Waals surface area contributed by atoms with Crippen molar-refractivity contribution in [3.8, 4) is 11.3 Å².